The second-order valence-electron chi connectivity index (χ2n) is 10.6. The Kier molecular flexibility index (Phi) is 10.1. The minimum atomic E-state index is -0.822. The summed E-state index contributed by atoms with van der Waals surface area (Å²) in [5.74, 6) is 0.278. The third kappa shape index (κ3) is 8.54. The van der Waals surface area contributed by atoms with Gasteiger partial charge in [-0.1, -0.05) is 75.7 Å². The number of ether oxygens (including phenoxy) is 2. The molecule has 190 valence electrons. The van der Waals surface area contributed by atoms with Gasteiger partial charge in [-0.05, 0) is 68.9 Å². The lowest BCUT2D eigenvalue weighted by Gasteiger charge is -2.29. The second kappa shape index (κ2) is 12.4. The highest BCUT2D eigenvalue weighted by atomic mass is 35.5. The summed E-state index contributed by atoms with van der Waals surface area (Å²) in [6, 6.07) is 15.2. The Morgan fingerprint density at radius 3 is 2.06 bits per heavy atom. The molecule has 0 aliphatic carbocycles. The van der Waals surface area contributed by atoms with Gasteiger partial charge in [0, 0.05) is 22.4 Å². The second-order valence-corrected chi connectivity index (χ2v) is 11.0. The van der Waals surface area contributed by atoms with E-state index < -0.39 is 5.41 Å². The summed E-state index contributed by atoms with van der Waals surface area (Å²) in [5.41, 5.74) is 1.84. The van der Waals surface area contributed by atoms with Gasteiger partial charge in [0.25, 0.3) is 0 Å². The highest BCUT2D eigenvalue weighted by molar-refractivity contribution is 6.30. The van der Waals surface area contributed by atoms with E-state index in [-0.39, 0.29) is 36.3 Å². The van der Waals surface area contributed by atoms with Crippen molar-refractivity contribution in [1.29, 1.82) is 0 Å². The molecule has 0 saturated heterocycles. The van der Waals surface area contributed by atoms with Crippen LogP contribution in [-0.4, -0.2) is 18.5 Å². The highest BCUT2D eigenvalue weighted by Gasteiger charge is 2.34. The number of hydrogen-bond donors (Lipinski definition) is 0. The maximum atomic E-state index is 13.2. The molecule has 0 fully saturated rings. The predicted octanol–water partition coefficient (Wildman–Crippen LogP) is 8.14. The maximum absolute atomic E-state index is 13.2. The molecule has 0 N–H and O–H groups in total. The summed E-state index contributed by atoms with van der Waals surface area (Å²) < 4.78 is 11.2. The van der Waals surface area contributed by atoms with Crippen molar-refractivity contribution < 1.29 is 19.1 Å². The van der Waals surface area contributed by atoms with Crippen LogP contribution in [0.4, 0.5) is 0 Å². The minimum Gasteiger partial charge on any atom is -0.462 e. The third-order valence-corrected chi connectivity index (χ3v) is 6.42. The normalized spacial score (nSPS) is 13.3. The Morgan fingerprint density at radius 2 is 1.54 bits per heavy atom. The molecule has 0 spiro atoms. The van der Waals surface area contributed by atoms with Gasteiger partial charge < -0.3 is 9.47 Å². The molecule has 2 rings (SSSR count). The Morgan fingerprint density at radius 1 is 0.943 bits per heavy atom. The zero-order chi connectivity index (χ0) is 26.2. The lowest BCUT2D eigenvalue weighted by Crippen LogP contribution is -2.30. The summed E-state index contributed by atoms with van der Waals surface area (Å²) in [7, 11) is 0. The van der Waals surface area contributed by atoms with Crippen molar-refractivity contribution in [1.82, 2.24) is 0 Å². The number of allylic oxidation sites excluding steroid dienone is 2. The molecular formula is C30H39ClO4. The molecule has 35 heavy (non-hydrogen) atoms. The van der Waals surface area contributed by atoms with Crippen LogP contribution in [-0.2, 0) is 20.7 Å². The quantitative estimate of drug-likeness (QED) is 0.136. The van der Waals surface area contributed by atoms with E-state index in [0.717, 1.165) is 17.7 Å². The van der Waals surface area contributed by atoms with Crippen LogP contribution in [0.5, 0.6) is 0 Å². The Bertz CT molecular complexity index is 1010. The number of carbonyl (C=O) groups excluding carboxylic acids is 2. The van der Waals surface area contributed by atoms with E-state index in [2.05, 4.69) is 6.92 Å². The van der Waals surface area contributed by atoms with Crippen molar-refractivity contribution >= 4 is 23.4 Å². The average Bonchev–Trinajstić information content (AvgIpc) is 2.80. The fraction of sp³-hybridized carbons (Fsp3) is 0.467. The van der Waals surface area contributed by atoms with E-state index in [1.54, 1.807) is 0 Å². The predicted molar refractivity (Wildman–Crippen MR) is 143 cm³/mol. The number of halogens is 1. The van der Waals surface area contributed by atoms with Gasteiger partial charge in [0.05, 0.1) is 5.41 Å². The summed E-state index contributed by atoms with van der Waals surface area (Å²) in [5, 5.41) is 0.628. The first-order valence-corrected chi connectivity index (χ1v) is 12.6. The van der Waals surface area contributed by atoms with Gasteiger partial charge >= 0.3 is 5.97 Å². The lowest BCUT2D eigenvalue weighted by atomic mass is 9.77. The number of rotatable bonds is 11. The van der Waals surface area contributed by atoms with E-state index >= 15 is 0 Å². The number of carbonyl (C=O) groups is 2. The van der Waals surface area contributed by atoms with Gasteiger partial charge in [0.1, 0.15) is 5.76 Å². The zero-order valence-corrected chi connectivity index (χ0v) is 22.9. The molecular weight excluding hydrogens is 460 g/mol. The molecule has 0 radical (unpaired) electrons. The first-order valence-electron chi connectivity index (χ1n) is 12.2. The largest absolute Gasteiger partial charge is 0.462 e. The fourth-order valence-corrected chi connectivity index (χ4v) is 4.21. The molecule has 2 aromatic rings. The number of Topliss-reactive ketones (excluding diaryl/α,β-unsaturated/α-hetero) is 1. The summed E-state index contributed by atoms with van der Waals surface area (Å²) in [4.78, 5) is 26.2. The average molecular weight is 499 g/mol. The standard InChI is InChI=1S/C30H39ClO4/c1-8-21-10-12-23(13-11-21)26(32)18-24(22-14-16-25(31)17-15-22)19-30(6,7)28(33)35-20-34-27(9-2)29(3,4)5/h9-17,24H,8,18-20H2,1-7H3. The van der Waals surface area contributed by atoms with Crippen molar-refractivity contribution in [3.8, 4) is 0 Å². The van der Waals surface area contributed by atoms with Crippen molar-refractivity contribution in [2.45, 2.75) is 73.6 Å². The smallest absolute Gasteiger partial charge is 0.314 e. The van der Waals surface area contributed by atoms with Gasteiger partial charge in [-0.2, -0.15) is 0 Å². The first kappa shape index (κ1) is 28.6. The van der Waals surface area contributed by atoms with Crippen LogP contribution in [0.15, 0.2) is 60.4 Å². The zero-order valence-electron chi connectivity index (χ0n) is 22.1. The molecule has 0 amide bonds. The van der Waals surface area contributed by atoms with Crippen LogP contribution < -0.4 is 0 Å². The molecule has 4 nitrogen and oxygen atoms in total. The highest BCUT2D eigenvalue weighted by Crippen LogP contribution is 2.36. The molecule has 1 unspecified atom stereocenters. The van der Waals surface area contributed by atoms with Crippen molar-refractivity contribution in [3.05, 3.63) is 82.1 Å². The van der Waals surface area contributed by atoms with Gasteiger partial charge in [-0.15, -0.1) is 0 Å². The molecule has 0 heterocycles. The van der Waals surface area contributed by atoms with Gasteiger partial charge in [0.15, 0.2) is 5.78 Å². The van der Waals surface area contributed by atoms with Crippen LogP contribution in [0.1, 0.15) is 88.7 Å². The molecule has 0 aliphatic rings. The van der Waals surface area contributed by atoms with Gasteiger partial charge in [-0.3, -0.25) is 9.59 Å². The summed E-state index contributed by atoms with van der Waals surface area (Å²) >= 11 is 6.10. The Hall–Kier alpha value is -2.59. The number of hydrogen-bond acceptors (Lipinski definition) is 4. The third-order valence-electron chi connectivity index (χ3n) is 6.17. The van der Waals surface area contributed by atoms with E-state index in [4.69, 9.17) is 21.1 Å². The Balaban J connectivity index is 2.15. The van der Waals surface area contributed by atoms with Crippen LogP contribution in [0, 0.1) is 10.8 Å². The van der Waals surface area contributed by atoms with Crippen molar-refractivity contribution in [3.63, 3.8) is 0 Å². The molecule has 0 saturated carbocycles. The van der Waals surface area contributed by atoms with E-state index in [1.807, 2.05) is 96.1 Å². The van der Waals surface area contributed by atoms with Crippen molar-refractivity contribution in [2.75, 3.05) is 6.79 Å². The van der Waals surface area contributed by atoms with Crippen LogP contribution in [0.3, 0.4) is 0 Å². The molecule has 2 aromatic carbocycles. The van der Waals surface area contributed by atoms with E-state index in [9.17, 15) is 9.59 Å². The van der Waals surface area contributed by atoms with Crippen molar-refractivity contribution in [2.24, 2.45) is 10.8 Å². The molecule has 1 atom stereocenters. The first-order chi connectivity index (χ1) is 16.4. The van der Waals surface area contributed by atoms with Crippen LogP contribution in [0.25, 0.3) is 0 Å². The molecule has 0 aromatic heterocycles. The van der Waals surface area contributed by atoms with E-state index in [0.29, 0.717) is 17.0 Å². The molecule has 5 heteroatoms. The van der Waals surface area contributed by atoms with Crippen LogP contribution in [0.2, 0.25) is 5.02 Å². The number of benzene rings is 2. The Labute approximate surface area is 215 Å². The van der Waals surface area contributed by atoms with Gasteiger partial charge in [-0.25, -0.2) is 0 Å². The van der Waals surface area contributed by atoms with Gasteiger partial charge in [0.2, 0.25) is 6.79 Å². The fourth-order valence-electron chi connectivity index (χ4n) is 4.08. The maximum Gasteiger partial charge on any atom is 0.314 e. The minimum absolute atomic E-state index is 0.0444. The summed E-state index contributed by atoms with van der Waals surface area (Å²) in [6.07, 6.45) is 3.54. The van der Waals surface area contributed by atoms with Crippen LogP contribution >= 0.6 is 11.6 Å². The topological polar surface area (TPSA) is 52.6 Å². The monoisotopic (exact) mass is 498 g/mol. The lowest BCUT2D eigenvalue weighted by molar-refractivity contribution is -0.165. The molecule has 0 bridgehead atoms. The van der Waals surface area contributed by atoms with E-state index in [1.165, 1.54) is 5.56 Å². The SMILES string of the molecule is CC=C(OCOC(=O)C(C)(C)CC(CC(=O)c1ccc(CC)cc1)c1ccc(Cl)cc1)C(C)(C)C. The number of aryl methyl sites for hydroxylation is 1. The summed E-state index contributed by atoms with van der Waals surface area (Å²) in [6.45, 7) is 13.6. The molecule has 0 aliphatic heterocycles. The number of ketones is 1. The number of esters is 1.